The van der Waals surface area contributed by atoms with Crippen molar-refractivity contribution in [2.75, 3.05) is 18.5 Å². The summed E-state index contributed by atoms with van der Waals surface area (Å²) in [5.74, 6) is 1.46. The molecule has 0 saturated heterocycles. The SMILES string of the molecule is CCn1nc(C)c(CN=C(NC(=O)c2ccccc2)Nc2ccc3c(c2)OCCO3)c1C. The minimum Gasteiger partial charge on any atom is -0.486 e. The molecule has 0 atom stereocenters. The molecule has 0 spiro atoms. The molecule has 0 fully saturated rings. The van der Waals surface area contributed by atoms with Crippen molar-refractivity contribution >= 4 is 17.6 Å². The van der Waals surface area contributed by atoms with Crippen LogP contribution in [0.5, 0.6) is 11.5 Å². The highest BCUT2D eigenvalue weighted by Crippen LogP contribution is 2.32. The van der Waals surface area contributed by atoms with Gasteiger partial charge in [0, 0.05) is 35.1 Å². The van der Waals surface area contributed by atoms with Gasteiger partial charge in [0.15, 0.2) is 11.5 Å². The summed E-state index contributed by atoms with van der Waals surface area (Å²) in [6.45, 7) is 8.28. The summed E-state index contributed by atoms with van der Waals surface area (Å²) in [4.78, 5) is 17.5. The second kappa shape index (κ2) is 9.55. The fourth-order valence-electron chi connectivity index (χ4n) is 3.57. The molecule has 8 heteroatoms. The van der Waals surface area contributed by atoms with Crippen LogP contribution in [0.15, 0.2) is 53.5 Å². The molecule has 166 valence electrons. The molecule has 2 N–H and O–H groups in total. The Labute approximate surface area is 187 Å². The summed E-state index contributed by atoms with van der Waals surface area (Å²) in [7, 11) is 0. The van der Waals surface area contributed by atoms with Crippen LogP contribution < -0.4 is 20.1 Å². The Morgan fingerprint density at radius 1 is 1.09 bits per heavy atom. The third-order valence-corrected chi connectivity index (χ3v) is 5.30. The van der Waals surface area contributed by atoms with E-state index < -0.39 is 0 Å². The third-order valence-electron chi connectivity index (χ3n) is 5.30. The predicted molar refractivity (Wildman–Crippen MR) is 123 cm³/mol. The average molecular weight is 434 g/mol. The largest absolute Gasteiger partial charge is 0.486 e. The van der Waals surface area contributed by atoms with Gasteiger partial charge in [-0.05, 0) is 45.0 Å². The monoisotopic (exact) mass is 433 g/mol. The van der Waals surface area contributed by atoms with Gasteiger partial charge in [-0.3, -0.25) is 14.8 Å². The maximum atomic E-state index is 12.8. The highest BCUT2D eigenvalue weighted by Gasteiger charge is 2.15. The van der Waals surface area contributed by atoms with Crippen LogP contribution in [0.2, 0.25) is 0 Å². The van der Waals surface area contributed by atoms with Crippen molar-refractivity contribution in [3.8, 4) is 11.5 Å². The van der Waals surface area contributed by atoms with Gasteiger partial charge in [0.25, 0.3) is 5.91 Å². The number of nitrogens with zero attached hydrogens (tertiary/aromatic N) is 3. The summed E-state index contributed by atoms with van der Waals surface area (Å²) < 4.78 is 13.2. The van der Waals surface area contributed by atoms with Crippen LogP contribution in [-0.4, -0.2) is 34.9 Å². The quantitative estimate of drug-likeness (QED) is 0.473. The van der Waals surface area contributed by atoms with E-state index in [0.29, 0.717) is 42.8 Å². The van der Waals surface area contributed by atoms with Crippen molar-refractivity contribution in [1.29, 1.82) is 0 Å². The van der Waals surface area contributed by atoms with Gasteiger partial charge in [0.05, 0.1) is 12.2 Å². The summed E-state index contributed by atoms with van der Waals surface area (Å²) >= 11 is 0. The summed E-state index contributed by atoms with van der Waals surface area (Å²) in [6, 6.07) is 14.6. The second-order valence-electron chi connectivity index (χ2n) is 7.43. The first-order chi connectivity index (χ1) is 15.5. The molecule has 1 amide bonds. The van der Waals surface area contributed by atoms with E-state index in [1.54, 1.807) is 12.1 Å². The molecule has 0 aliphatic carbocycles. The lowest BCUT2D eigenvalue weighted by atomic mass is 10.2. The Hall–Kier alpha value is -3.81. The minimum absolute atomic E-state index is 0.243. The van der Waals surface area contributed by atoms with Gasteiger partial charge < -0.3 is 14.8 Å². The lowest BCUT2D eigenvalue weighted by molar-refractivity contribution is 0.0977. The molecular weight excluding hydrogens is 406 g/mol. The Bertz CT molecular complexity index is 1140. The highest BCUT2D eigenvalue weighted by atomic mass is 16.6. The smallest absolute Gasteiger partial charge is 0.257 e. The molecule has 0 bridgehead atoms. The van der Waals surface area contributed by atoms with E-state index in [0.717, 1.165) is 29.2 Å². The van der Waals surface area contributed by atoms with E-state index in [-0.39, 0.29) is 5.91 Å². The first kappa shape index (κ1) is 21.4. The number of aliphatic imine (C=N–C) groups is 1. The normalized spacial score (nSPS) is 13.0. The predicted octanol–water partition coefficient (Wildman–Crippen LogP) is 3.69. The van der Waals surface area contributed by atoms with E-state index >= 15 is 0 Å². The number of anilines is 1. The number of benzene rings is 2. The zero-order valence-electron chi connectivity index (χ0n) is 18.5. The minimum atomic E-state index is -0.243. The van der Waals surface area contributed by atoms with Crippen LogP contribution in [0.3, 0.4) is 0 Å². The molecule has 1 aromatic heterocycles. The fourth-order valence-corrected chi connectivity index (χ4v) is 3.57. The van der Waals surface area contributed by atoms with Crippen LogP contribution in [0.1, 0.15) is 34.2 Å². The van der Waals surface area contributed by atoms with E-state index in [4.69, 9.17) is 9.47 Å². The van der Waals surface area contributed by atoms with Gasteiger partial charge in [-0.2, -0.15) is 5.10 Å². The first-order valence-corrected chi connectivity index (χ1v) is 10.7. The van der Waals surface area contributed by atoms with Gasteiger partial charge >= 0.3 is 0 Å². The number of hydrogen-bond donors (Lipinski definition) is 2. The molecular formula is C24H27N5O3. The van der Waals surface area contributed by atoms with Crippen molar-refractivity contribution < 1.29 is 14.3 Å². The number of aryl methyl sites for hydroxylation is 2. The number of nitrogens with one attached hydrogen (secondary N) is 2. The third kappa shape index (κ3) is 4.74. The van der Waals surface area contributed by atoms with Crippen LogP contribution in [0.4, 0.5) is 5.69 Å². The lowest BCUT2D eigenvalue weighted by Gasteiger charge is -2.19. The number of guanidine groups is 1. The van der Waals surface area contributed by atoms with E-state index in [9.17, 15) is 4.79 Å². The molecule has 8 nitrogen and oxygen atoms in total. The number of carbonyl (C=O) groups is 1. The van der Waals surface area contributed by atoms with Crippen molar-refractivity contribution in [2.24, 2.45) is 4.99 Å². The molecule has 2 aromatic carbocycles. The molecule has 1 aliphatic rings. The molecule has 1 aliphatic heterocycles. The molecule has 0 saturated carbocycles. The number of hydrogen-bond acceptors (Lipinski definition) is 5. The van der Waals surface area contributed by atoms with E-state index in [1.807, 2.05) is 54.9 Å². The zero-order valence-corrected chi connectivity index (χ0v) is 18.5. The zero-order chi connectivity index (χ0) is 22.5. The van der Waals surface area contributed by atoms with E-state index in [2.05, 4.69) is 27.6 Å². The fraction of sp³-hybridized carbons (Fsp3) is 0.292. The van der Waals surface area contributed by atoms with Gasteiger partial charge in [-0.15, -0.1) is 0 Å². The molecule has 0 unspecified atom stereocenters. The van der Waals surface area contributed by atoms with Crippen molar-refractivity contribution in [3.63, 3.8) is 0 Å². The average Bonchev–Trinajstić information content (AvgIpc) is 3.10. The Balaban J connectivity index is 1.59. The standard InChI is InChI=1S/C24H27N5O3/c1-4-29-17(3)20(16(2)28-29)15-25-24(27-23(30)18-8-6-5-7-9-18)26-19-10-11-21-22(14-19)32-13-12-31-21/h5-11,14H,4,12-13,15H2,1-3H3,(H2,25,26,27,30). The number of fused-ring (bicyclic) bond motifs is 1. The van der Waals surface area contributed by atoms with Crippen LogP contribution in [0.25, 0.3) is 0 Å². The summed E-state index contributed by atoms with van der Waals surface area (Å²) in [5, 5.41) is 10.7. The van der Waals surface area contributed by atoms with Crippen LogP contribution in [0, 0.1) is 13.8 Å². The number of amides is 1. The van der Waals surface area contributed by atoms with Crippen LogP contribution >= 0.6 is 0 Å². The van der Waals surface area contributed by atoms with Crippen molar-refractivity contribution in [2.45, 2.75) is 33.9 Å². The van der Waals surface area contributed by atoms with Gasteiger partial charge in [0.1, 0.15) is 13.2 Å². The Kier molecular flexibility index (Phi) is 6.39. The summed E-state index contributed by atoms with van der Waals surface area (Å²) in [6.07, 6.45) is 0. The van der Waals surface area contributed by atoms with Crippen LogP contribution in [-0.2, 0) is 13.1 Å². The molecule has 4 rings (SSSR count). The van der Waals surface area contributed by atoms with Gasteiger partial charge in [-0.1, -0.05) is 18.2 Å². The molecule has 0 radical (unpaired) electrons. The number of carbonyl (C=O) groups excluding carboxylic acids is 1. The van der Waals surface area contributed by atoms with Crippen molar-refractivity contribution in [3.05, 3.63) is 71.0 Å². The lowest BCUT2D eigenvalue weighted by Crippen LogP contribution is -2.36. The Morgan fingerprint density at radius 2 is 1.84 bits per heavy atom. The summed E-state index contributed by atoms with van der Waals surface area (Å²) in [5.41, 5.74) is 4.33. The van der Waals surface area contributed by atoms with Crippen molar-refractivity contribution in [1.82, 2.24) is 15.1 Å². The maximum absolute atomic E-state index is 12.8. The molecule has 32 heavy (non-hydrogen) atoms. The highest BCUT2D eigenvalue weighted by molar-refractivity contribution is 6.10. The van der Waals surface area contributed by atoms with E-state index in [1.165, 1.54) is 0 Å². The number of rotatable bonds is 5. The topological polar surface area (TPSA) is 89.8 Å². The maximum Gasteiger partial charge on any atom is 0.257 e. The number of aromatic nitrogens is 2. The van der Waals surface area contributed by atoms with Gasteiger partial charge in [0.2, 0.25) is 5.96 Å². The Morgan fingerprint density at radius 3 is 2.56 bits per heavy atom. The number of ether oxygens (including phenoxy) is 2. The molecule has 2 heterocycles. The molecule has 3 aromatic rings. The second-order valence-corrected chi connectivity index (χ2v) is 7.43. The van der Waals surface area contributed by atoms with Gasteiger partial charge in [-0.25, -0.2) is 4.99 Å². The first-order valence-electron chi connectivity index (χ1n) is 10.7.